The first-order valence-electron chi connectivity index (χ1n) is 6.16. The molecule has 0 spiro atoms. The van der Waals surface area contributed by atoms with Crippen molar-refractivity contribution in [3.05, 3.63) is 55.6 Å². The number of carbonyl (C=O) groups is 1. The number of hydrogen-bond donors (Lipinski definition) is 2. The fourth-order valence-electron chi connectivity index (χ4n) is 1.86. The van der Waals surface area contributed by atoms with Crippen LogP contribution in [0.15, 0.2) is 40.9 Å². The Balaban J connectivity index is 2.23. The van der Waals surface area contributed by atoms with Crippen molar-refractivity contribution in [2.75, 3.05) is 11.1 Å². The summed E-state index contributed by atoms with van der Waals surface area (Å²) in [6, 6.07) is 11.2. The van der Waals surface area contributed by atoms with Crippen molar-refractivity contribution in [2.45, 2.75) is 13.3 Å². The second-order valence-corrected chi connectivity index (χ2v) is 6.45. The maximum atomic E-state index is 12.3. The number of anilines is 2. The van der Waals surface area contributed by atoms with Crippen molar-refractivity contribution in [2.24, 2.45) is 0 Å². The molecule has 1 amide bonds. The molecule has 0 unspecified atom stereocenters. The third-order valence-electron chi connectivity index (χ3n) is 2.96. The van der Waals surface area contributed by atoms with E-state index in [1.807, 2.05) is 37.3 Å². The van der Waals surface area contributed by atoms with E-state index in [1.54, 1.807) is 6.07 Å². The van der Waals surface area contributed by atoms with E-state index in [0.29, 0.717) is 16.9 Å². The van der Waals surface area contributed by atoms with Gasteiger partial charge in [0, 0.05) is 19.4 Å². The molecule has 5 heteroatoms. The van der Waals surface area contributed by atoms with E-state index in [9.17, 15) is 4.79 Å². The molecule has 0 aliphatic heterocycles. The molecular weight excluding hydrogens is 431 g/mol. The highest BCUT2D eigenvalue weighted by atomic mass is 127. The van der Waals surface area contributed by atoms with Crippen LogP contribution in [0.25, 0.3) is 0 Å². The Morgan fingerprint density at radius 3 is 2.70 bits per heavy atom. The summed E-state index contributed by atoms with van der Waals surface area (Å²) in [7, 11) is 0. The summed E-state index contributed by atoms with van der Waals surface area (Å²) in [5.41, 5.74) is 9.03. The van der Waals surface area contributed by atoms with Gasteiger partial charge in [0.1, 0.15) is 0 Å². The summed E-state index contributed by atoms with van der Waals surface area (Å²) >= 11 is 5.57. The molecule has 0 radical (unpaired) electrons. The average molecular weight is 445 g/mol. The van der Waals surface area contributed by atoms with Crippen molar-refractivity contribution in [1.29, 1.82) is 0 Å². The van der Waals surface area contributed by atoms with Crippen LogP contribution in [0.1, 0.15) is 22.8 Å². The van der Waals surface area contributed by atoms with E-state index < -0.39 is 0 Å². The molecule has 0 aliphatic rings. The lowest BCUT2D eigenvalue weighted by Gasteiger charge is -2.10. The number of carbonyl (C=O) groups excluding carboxylic acids is 1. The lowest BCUT2D eigenvalue weighted by atomic mass is 10.1. The SMILES string of the molecule is CCc1ccc(NC(=O)c2cc(I)ccc2Br)cc1N. The van der Waals surface area contributed by atoms with Crippen molar-refractivity contribution >= 4 is 55.8 Å². The molecule has 0 aromatic heterocycles. The smallest absolute Gasteiger partial charge is 0.256 e. The van der Waals surface area contributed by atoms with Gasteiger partial charge in [-0.05, 0) is 80.8 Å². The molecule has 2 aromatic carbocycles. The molecular formula is C15H14BrIN2O. The largest absolute Gasteiger partial charge is 0.398 e. The van der Waals surface area contributed by atoms with Gasteiger partial charge in [-0.25, -0.2) is 0 Å². The highest BCUT2D eigenvalue weighted by Gasteiger charge is 2.11. The highest BCUT2D eigenvalue weighted by Crippen LogP contribution is 2.23. The van der Waals surface area contributed by atoms with Crippen molar-refractivity contribution in [3.63, 3.8) is 0 Å². The van der Waals surface area contributed by atoms with Crippen LogP contribution in [-0.4, -0.2) is 5.91 Å². The fraction of sp³-hybridized carbons (Fsp3) is 0.133. The van der Waals surface area contributed by atoms with Crippen LogP contribution in [-0.2, 0) is 6.42 Å². The lowest BCUT2D eigenvalue weighted by molar-refractivity contribution is 0.102. The quantitative estimate of drug-likeness (QED) is 0.542. The van der Waals surface area contributed by atoms with Gasteiger partial charge in [-0.3, -0.25) is 4.79 Å². The van der Waals surface area contributed by atoms with Crippen molar-refractivity contribution in [3.8, 4) is 0 Å². The predicted octanol–water partition coefficient (Wildman–Crippen LogP) is 4.45. The van der Waals surface area contributed by atoms with E-state index in [2.05, 4.69) is 43.8 Å². The molecule has 104 valence electrons. The number of nitrogens with one attached hydrogen (secondary N) is 1. The van der Waals surface area contributed by atoms with Crippen molar-refractivity contribution in [1.82, 2.24) is 0 Å². The van der Waals surface area contributed by atoms with Crippen LogP contribution < -0.4 is 11.1 Å². The third kappa shape index (κ3) is 3.52. The van der Waals surface area contributed by atoms with Gasteiger partial charge in [-0.1, -0.05) is 13.0 Å². The molecule has 2 rings (SSSR count). The number of aryl methyl sites for hydroxylation is 1. The Morgan fingerprint density at radius 2 is 2.05 bits per heavy atom. The van der Waals surface area contributed by atoms with Crippen molar-refractivity contribution < 1.29 is 4.79 Å². The Morgan fingerprint density at radius 1 is 1.30 bits per heavy atom. The minimum absolute atomic E-state index is 0.154. The number of rotatable bonds is 3. The first kappa shape index (κ1) is 15.3. The van der Waals surface area contributed by atoms with Gasteiger partial charge in [0.25, 0.3) is 5.91 Å². The first-order chi connectivity index (χ1) is 9.51. The van der Waals surface area contributed by atoms with Gasteiger partial charge < -0.3 is 11.1 Å². The maximum absolute atomic E-state index is 12.3. The average Bonchev–Trinajstić information content (AvgIpc) is 2.41. The van der Waals surface area contributed by atoms with E-state index in [4.69, 9.17) is 5.73 Å². The van der Waals surface area contributed by atoms with Crippen LogP contribution in [0.4, 0.5) is 11.4 Å². The van der Waals surface area contributed by atoms with Crippen LogP contribution in [0.5, 0.6) is 0 Å². The Hall–Kier alpha value is -1.08. The zero-order chi connectivity index (χ0) is 14.7. The second kappa shape index (κ2) is 6.58. The number of nitrogen functional groups attached to an aromatic ring is 1. The Labute approximate surface area is 140 Å². The molecule has 3 N–H and O–H groups in total. The lowest BCUT2D eigenvalue weighted by Crippen LogP contribution is -2.13. The topological polar surface area (TPSA) is 55.1 Å². The molecule has 0 atom stereocenters. The molecule has 0 bridgehead atoms. The van der Waals surface area contributed by atoms with E-state index >= 15 is 0 Å². The summed E-state index contributed by atoms with van der Waals surface area (Å²) < 4.78 is 1.78. The molecule has 0 aliphatic carbocycles. The molecule has 0 heterocycles. The summed E-state index contributed by atoms with van der Waals surface area (Å²) in [4.78, 5) is 12.3. The number of nitrogens with two attached hydrogens (primary N) is 1. The first-order valence-corrected chi connectivity index (χ1v) is 8.03. The highest BCUT2D eigenvalue weighted by molar-refractivity contribution is 14.1. The second-order valence-electron chi connectivity index (χ2n) is 4.35. The number of benzene rings is 2. The number of halogens is 2. The van der Waals surface area contributed by atoms with E-state index in [-0.39, 0.29) is 5.91 Å². The maximum Gasteiger partial charge on any atom is 0.256 e. The molecule has 2 aromatic rings. The summed E-state index contributed by atoms with van der Waals surface area (Å²) in [6.07, 6.45) is 0.877. The van der Waals surface area contributed by atoms with E-state index in [0.717, 1.165) is 20.0 Å². The molecule has 3 nitrogen and oxygen atoms in total. The van der Waals surface area contributed by atoms with E-state index in [1.165, 1.54) is 0 Å². The molecule has 0 saturated heterocycles. The normalized spacial score (nSPS) is 10.3. The van der Waals surface area contributed by atoms with Gasteiger partial charge in [0.15, 0.2) is 0 Å². The molecule has 0 fully saturated rings. The standard InChI is InChI=1S/C15H14BrIN2O/c1-2-9-3-5-11(8-14(9)18)19-15(20)12-7-10(17)4-6-13(12)16/h3-8H,2,18H2,1H3,(H,19,20). The molecule has 0 saturated carbocycles. The zero-order valence-corrected chi connectivity index (χ0v) is 14.7. The van der Waals surface area contributed by atoms with Crippen LogP contribution in [0.3, 0.4) is 0 Å². The zero-order valence-electron chi connectivity index (χ0n) is 10.9. The Bertz CT molecular complexity index is 658. The fourth-order valence-corrected chi connectivity index (χ4v) is 2.78. The minimum Gasteiger partial charge on any atom is -0.398 e. The number of hydrogen-bond acceptors (Lipinski definition) is 2. The minimum atomic E-state index is -0.154. The molecule has 20 heavy (non-hydrogen) atoms. The third-order valence-corrected chi connectivity index (χ3v) is 4.32. The van der Waals surface area contributed by atoms with Gasteiger partial charge in [0.2, 0.25) is 0 Å². The van der Waals surface area contributed by atoms with Crippen LogP contribution >= 0.6 is 38.5 Å². The van der Waals surface area contributed by atoms with Gasteiger partial charge in [-0.15, -0.1) is 0 Å². The van der Waals surface area contributed by atoms with Crippen LogP contribution in [0, 0.1) is 3.57 Å². The van der Waals surface area contributed by atoms with Gasteiger partial charge in [-0.2, -0.15) is 0 Å². The predicted molar refractivity (Wildman–Crippen MR) is 95.0 cm³/mol. The van der Waals surface area contributed by atoms with Gasteiger partial charge >= 0.3 is 0 Å². The summed E-state index contributed by atoms with van der Waals surface area (Å²) in [6.45, 7) is 2.05. The number of amides is 1. The van der Waals surface area contributed by atoms with Crippen LogP contribution in [0.2, 0.25) is 0 Å². The monoisotopic (exact) mass is 444 g/mol. The Kier molecular flexibility index (Phi) is 5.04. The summed E-state index contributed by atoms with van der Waals surface area (Å²) in [5.74, 6) is -0.154. The van der Waals surface area contributed by atoms with Gasteiger partial charge in [0.05, 0.1) is 5.56 Å². The summed E-state index contributed by atoms with van der Waals surface area (Å²) in [5, 5.41) is 2.87.